The van der Waals surface area contributed by atoms with Crippen LogP contribution in [-0.4, -0.2) is 95.7 Å². The fourth-order valence-corrected chi connectivity index (χ4v) is 5.77. The largest absolute Gasteiger partial charge is 0.341 e. The molecule has 0 aromatic carbocycles. The van der Waals surface area contributed by atoms with Gasteiger partial charge in [0.15, 0.2) is 0 Å². The van der Waals surface area contributed by atoms with Crippen LogP contribution >= 0.6 is 0 Å². The summed E-state index contributed by atoms with van der Waals surface area (Å²) in [7, 11) is 0. The lowest BCUT2D eigenvalue weighted by molar-refractivity contribution is -0.156. The molecule has 3 fully saturated rings. The summed E-state index contributed by atoms with van der Waals surface area (Å²) in [4.78, 5) is 46.7. The Morgan fingerprint density at radius 2 is 1.64 bits per heavy atom. The molecule has 0 radical (unpaired) electrons. The summed E-state index contributed by atoms with van der Waals surface area (Å²) in [5, 5.41) is 0. The average molecular weight is 463 g/mol. The van der Waals surface area contributed by atoms with E-state index in [2.05, 4.69) is 32.6 Å². The number of hydrogen-bond donors (Lipinski definition) is 0. The maximum atomic E-state index is 13.7. The van der Waals surface area contributed by atoms with Crippen LogP contribution in [0.2, 0.25) is 0 Å². The molecule has 0 N–H and O–H groups in total. The molecule has 33 heavy (non-hydrogen) atoms. The summed E-state index contributed by atoms with van der Waals surface area (Å²) >= 11 is 0. The Morgan fingerprint density at radius 1 is 0.970 bits per heavy atom. The molecule has 0 saturated carbocycles. The molecule has 0 spiro atoms. The molecule has 3 heterocycles. The molecule has 2 atom stereocenters. The van der Waals surface area contributed by atoms with Crippen LogP contribution in [0.5, 0.6) is 0 Å². The summed E-state index contributed by atoms with van der Waals surface area (Å²) in [5.41, 5.74) is 0. The molecule has 0 aromatic rings. The molecule has 7 nitrogen and oxygen atoms in total. The first kappa shape index (κ1) is 26.0. The van der Waals surface area contributed by atoms with E-state index >= 15 is 0 Å². The maximum Gasteiger partial charge on any atom is 0.246 e. The molecule has 3 saturated heterocycles. The van der Waals surface area contributed by atoms with Crippen LogP contribution < -0.4 is 0 Å². The van der Waals surface area contributed by atoms with Gasteiger partial charge in [-0.2, -0.15) is 0 Å². The molecule has 0 bridgehead atoms. The Hall–Kier alpha value is -1.63. The third-order valence-corrected chi connectivity index (χ3v) is 7.73. The summed E-state index contributed by atoms with van der Waals surface area (Å²) < 4.78 is 0. The summed E-state index contributed by atoms with van der Waals surface area (Å²) in [6, 6.07) is -0.864. The van der Waals surface area contributed by atoms with Gasteiger partial charge >= 0.3 is 0 Å². The number of nitrogens with zero attached hydrogens (tertiary/aromatic N) is 4. The molecule has 3 rings (SSSR count). The van der Waals surface area contributed by atoms with Crippen molar-refractivity contribution in [3.8, 4) is 0 Å². The Labute approximate surface area is 200 Å². The number of piperidine rings is 1. The SMILES string of the molecule is CC(C)C[C@H]1C(=O)N([C@@H](CC(C)C)C(=O)N2CCC(CCN3CCCC3)CC2)CCN1C=O. The van der Waals surface area contributed by atoms with Gasteiger partial charge in [0.1, 0.15) is 12.1 Å². The molecule has 7 heteroatoms. The van der Waals surface area contributed by atoms with Crippen LogP contribution in [0.4, 0.5) is 0 Å². The number of piperazine rings is 1. The highest BCUT2D eigenvalue weighted by atomic mass is 16.2. The van der Waals surface area contributed by atoms with Crippen molar-refractivity contribution in [2.75, 3.05) is 45.8 Å². The van der Waals surface area contributed by atoms with Crippen molar-refractivity contribution in [1.82, 2.24) is 19.6 Å². The molecule has 3 aliphatic heterocycles. The summed E-state index contributed by atoms with van der Waals surface area (Å²) in [6.07, 6.45) is 8.15. The van der Waals surface area contributed by atoms with Gasteiger partial charge < -0.3 is 19.6 Å². The predicted octanol–water partition coefficient (Wildman–Crippen LogP) is 2.84. The van der Waals surface area contributed by atoms with E-state index in [0.717, 1.165) is 32.3 Å². The zero-order chi connectivity index (χ0) is 24.0. The van der Waals surface area contributed by atoms with Gasteiger partial charge in [-0.05, 0) is 82.3 Å². The van der Waals surface area contributed by atoms with Crippen molar-refractivity contribution in [2.24, 2.45) is 17.8 Å². The van der Waals surface area contributed by atoms with Gasteiger partial charge in [-0.15, -0.1) is 0 Å². The van der Waals surface area contributed by atoms with Crippen molar-refractivity contribution in [2.45, 2.75) is 84.7 Å². The lowest BCUT2D eigenvalue weighted by Gasteiger charge is -2.44. The first-order valence-corrected chi connectivity index (χ1v) is 13.3. The van der Waals surface area contributed by atoms with E-state index in [9.17, 15) is 14.4 Å². The molecule has 188 valence electrons. The number of carbonyl (C=O) groups is 3. The minimum Gasteiger partial charge on any atom is -0.341 e. The lowest BCUT2D eigenvalue weighted by atomic mass is 9.91. The average Bonchev–Trinajstić information content (AvgIpc) is 3.31. The normalized spacial score (nSPS) is 24.2. The number of likely N-dealkylation sites (tertiary alicyclic amines) is 2. The monoisotopic (exact) mass is 462 g/mol. The molecule has 3 aliphatic rings. The second kappa shape index (κ2) is 12.2. The first-order chi connectivity index (χ1) is 15.8. The summed E-state index contributed by atoms with van der Waals surface area (Å²) in [6.45, 7) is 14.6. The molecule has 0 aromatic heterocycles. The van der Waals surface area contributed by atoms with E-state index in [4.69, 9.17) is 0 Å². The van der Waals surface area contributed by atoms with Crippen molar-refractivity contribution in [3.63, 3.8) is 0 Å². The van der Waals surface area contributed by atoms with Crippen molar-refractivity contribution in [1.29, 1.82) is 0 Å². The lowest BCUT2D eigenvalue weighted by Crippen LogP contribution is -2.62. The van der Waals surface area contributed by atoms with Gasteiger partial charge in [-0.1, -0.05) is 27.7 Å². The Morgan fingerprint density at radius 3 is 2.21 bits per heavy atom. The minimum atomic E-state index is -0.449. The smallest absolute Gasteiger partial charge is 0.246 e. The van der Waals surface area contributed by atoms with Gasteiger partial charge in [0.05, 0.1) is 0 Å². The third-order valence-electron chi connectivity index (χ3n) is 7.73. The van der Waals surface area contributed by atoms with Crippen LogP contribution in [0.1, 0.15) is 72.6 Å². The zero-order valence-electron chi connectivity index (χ0n) is 21.4. The topological polar surface area (TPSA) is 64.2 Å². The van der Waals surface area contributed by atoms with Crippen molar-refractivity contribution >= 4 is 18.2 Å². The van der Waals surface area contributed by atoms with Crippen LogP contribution in [0, 0.1) is 17.8 Å². The quantitative estimate of drug-likeness (QED) is 0.469. The standard InChI is InChI=1S/C26H46N4O3/c1-20(2)17-23-26(33)30(16-15-29(23)19-31)24(18-21(3)4)25(32)28-13-8-22(9-14-28)7-12-27-10-5-6-11-27/h19-24H,5-18H2,1-4H3/t23-,24-/m0/s1. The fraction of sp³-hybridized carbons (Fsp3) is 0.885. The van der Waals surface area contributed by atoms with Crippen LogP contribution in [0.25, 0.3) is 0 Å². The number of hydrogen-bond acceptors (Lipinski definition) is 4. The highest BCUT2D eigenvalue weighted by Gasteiger charge is 2.41. The van der Waals surface area contributed by atoms with Gasteiger partial charge in [-0.25, -0.2) is 0 Å². The van der Waals surface area contributed by atoms with Gasteiger partial charge in [0, 0.05) is 26.2 Å². The van der Waals surface area contributed by atoms with E-state index in [0.29, 0.717) is 43.7 Å². The summed E-state index contributed by atoms with van der Waals surface area (Å²) in [5.74, 6) is 1.38. The Bertz CT molecular complexity index is 654. The van der Waals surface area contributed by atoms with Gasteiger partial charge in [0.2, 0.25) is 18.2 Å². The van der Waals surface area contributed by atoms with E-state index in [-0.39, 0.29) is 11.8 Å². The molecule has 3 amide bonds. The van der Waals surface area contributed by atoms with Crippen LogP contribution in [0.15, 0.2) is 0 Å². The van der Waals surface area contributed by atoms with E-state index in [1.807, 2.05) is 4.90 Å². The number of carbonyl (C=O) groups excluding carboxylic acids is 3. The van der Waals surface area contributed by atoms with Crippen LogP contribution in [0.3, 0.4) is 0 Å². The number of rotatable bonds is 10. The maximum absolute atomic E-state index is 13.7. The van der Waals surface area contributed by atoms with E-state index < -0.39 is 12.1 Å². The van der Waals surface area contributed by atoms with Crippen molar-refractivity contribution < 1.29 is 14.4 Å². The Balaban J connectivity index is 1.61. The molecule has 0 aliphatic carbocycles. The third kappa shape index (κ3) is 6.93. The molecular weight excluding hydrogens is 416 g/mol. The highest BCUT2D eigenvalue weighted by molar-refractivity contribution is 5.91. The van der Waals surface area contributed by atoms with Gasteiger partial charge in [0.25, 0.3) is 0 Å². The van der Waals surface area contributed by atoms with E-state index in [1.54, 1.807) is 9.80 Å². The molecular formula is C26H46N4O3. The predicted molar refractivity (Wildman–Crippen MR) is 131 cm³/mol. The zero-order valence-corrected chi connectivity index (χ0v) is 21.4. The first-order valence-electron chi connectivity index (χ1n) is 13.3. The minimum absolute atomic E-state index is 0.0541. The van der Waals surface area contributed by atoms with Gasteiger partial charge in [-0.3, -0.25) is 14.4 Å². The van der Waals surface area contributed by atoms with Crippen LogP contribution in [-0.2, 0) is 14.4 Å². The van der Waals surface area contributed by atoms with Crippen molar-refractivity contribution in [3.05, 3.63) is 0 Å². The highest BCUT2D eigenvalue weighted by Crippen LogP contribution is 2.26. The molecule has 0 unspecified atom stereocenters. The second-order valence-corrected chi connectivity index (χ2v) is 11.3. The number of amides is 3. The second-order valence-electron chi connectivity index (χ2n) is 11.3. The Kier molecular flexibility index (Phi) is 9.59. The fourth-order valence-electron chi connectivity index (χ4n) is 5.77. The van der Waals surface area contributed by atoms with E-state index in [1.165, 1.54) is 38.9 Å².